The minimum absolute atomic E-state index is 0.786. The largest absolute Gasteiger partial charge is 0.316 e. The lowest BCUT2D eigenvalue weighted by atomic mass is 10.0. The Hall–Kier alpha value is -0.120. The SMILES string of the molecule is CC1CC(N2CC3CNCC3C2)CN1C. The predicted molar refractivity (Wildman–Crippen MR) is 61.9 cm³/mol. The van der Waals surface area contributed by atoms with Crippen molar-refractivity contribution in [1.29, 1.82) is 0 Å². The predicted octanol–water partition coefficient (Wildman–Crippen LogP) is 0.230. The molecular formula is C12H23N3. The van der Waals surface area contributed by atoms with Crippen LogP contribution < -0.4 is 5.32 Å². The highest BCUT2D eigenvalue weighted by atomic mass is 15.3. The number of rotatable bonds is 1. The second-order valence-corrected chi connectivity index (χ2v) is 5.81. The van der Waals surface area contributed by atoms with Gasteiger partial charge in [-0.25, -0.2) is 0 Å². The van der Waals surface area contributed by atoms with Crippen molar-refractivity contribution in [3.63, 3.8) is 0 Å². The third kappa shape index (κ3) is 1.71. The molecule has 0 saturated carbocycles. The first-order valence-electron chi connectivity index (χ1n) is 6.39. The van der Waals surface area contributed by atoms with Crippen LogP contribution in [0.25, 0.3) is 0 Å². The second kappa shape index (κ2) is 3.72. The lowest BCUT2D eigenvalue weighted by Crippen LogP contribution is -2.37. The first kappa shape index (κ1) is 10.1. The number of hydrogen-bond acceptors (Lipinski definition) is 3. The van der Waals surface area contributed by atoms with Crippen LogP contribution in [0.3, 0.4) is 0 Å². The van der Waals surface area contributed by atoms with Crippen molar-refractivity contribution in [2.75, 3.05) is 39.8 Å². The van der Waals surface area contributed by atoms with Crippen molar-refractivity contribution in [3.8, 4) is 0 Å². The maximum absolute atomic E-state index is 3.52. The molecule has 3 aliphatic rings. The first-order chi connectivity index (χ1) is 7.24. The van der Waals surface area contributed by atoms with E-state index in [0.29, 0.717) is 0 Å². The summed E-state index contributed by atoms with van der Waals surface area (Å²) in [5.41, 5.74) is 0. The number of nitrogens with one attached hydrogen (secondary N) is 1. The summed E-state index contributed by atoms with van der Waals surface area (Å²) in [7, 11) is 2.27. The van der Waals surface area contributed by atoms with Gasteiger partial charge in [0, 0.05) is 31.7 Å². The van der Waals surface area contributed by atoms with E-state index in [9.17, 15) is 0 Å². The van der Waals surface area contributed by atoms with Gasteiger partial charge in [-0.05, 0) is 45.3 Å². The average molecular weight is 209 g/mol. The van der Waals surface area contributed by atoms with Crippen LogP contribution in [0.5, 0.6) is 0 Å². The smallest absolute Gasteiger partial charge is 0.0238 e. The van der Waals surface area contributed by atoms with Gasteiger partial charge in [0.25, 0.3) is 0 Å². The van der Waals surface area contributed by atoms with Crippen LogP contribution in [-0.2, 0) is 0 Å². The molecule has 4 atom stereocenters. The fraction of sp³-hybridized carbons (Fsp3) is 1.00. The highest BCUT2D eigenvalue weighted by Gasteiger charge is 2.41. The van der Waals surface area contributed by atoms with Gasteiger partial charge in [-0.2, -0.15) is 0 Å². The molecule has 0 aromatic carbocycles. The molecule has 3 fully saturated rings. The van der Waals surface area contributed by atoms with Crippen molar-refractivity contribution >= 4 is 0 Å². The minimum atomic E-state index is 0.786. The van der Waals surface area contributed by atoms with Crippen molar-refractivity contribution in [1.82, 2.24) is 15.1 Å². The molecule has 3 heteroatoms. The number of nitrogens with zero attached hydrogens (tertiary/aromatic N) is 2. The molecule has 0 aromatic rings. The maximum Gasteiger partial charge on any atom is 0.0238 e. The zero-order valence-electron chi connectivity index (χ0n) is 9.95. The summed E-state index contributed by atoms with van der Waals surface area (Å²) in [5.74, 6) is 1.90. The van der Waals surface area contributed by atoms with Crippen molar-refractivity contribution in [3.05, 3.63) is 0 Å². The summed E-state index contributed by atoms with van der Waals surface area (Å²) in [4.78, 5) is 5.27. The molecule has 0 aromatic heterocycles. The lowest BCUT2D eigenvalue weighted by molar-refractivity contribution is 0.226. The zero-order chi connectivity index (χ0) is 10.4. The van der Waals surface area contributed by atoms with E-state index in [1.165, 1.54) is 39.1 Å². The molecule has 1 N–H and O–H groups in total. The molecule has 0 amide bonds. The monoisotopic (exact) mass is 209 g/mol. The third-order valence-electron chi connectivity index (χ3n) is 4.80. The second-order valence-electron chi connectivity index (χ2n) is 5.81. The van der Waals surface area contributed by atoms with Gasteiger partial charge in [-0.1, -0.05) is 0 Å². The molecule has 0 bridgehead atoms. The van der Waals surface area contributed by atoms with Gasteiger partial charge >= 0.3 is 0 Å². The van der Waals surface area contributed by atoms with Crippen LogP contribution in [0, 0.1) is 11.8 Å². The van der Waals surface area contributed by atoms with Gasteiger partial charge in [0.1, 0.15) is 0 Å². The molecule has 3 rings (SSSR count). The van der Waals surface area contributed by atoms with E-state index in [4.69, 9.17) is 0 Å². The zero-order valence-corrected chi connectivity index (χ0v) is 9.95. The van der Waals surface area contributed by atoms with Crippen LogP contribution in [0.15, 0.2) is 0 Å². The molecule has 3 heterocycles. The number of hydrogen-bond donors (Lipinski definition) is 1. The van der Waals surface area contributed by atoms with Crippen LogP contribution in [0.4, 0.5) is 0 Å². The van der Waals surface area contributed by atoms with Gasteiger partial charge in [-0.15, -0.1) is 0 Å². The molecule has 3 nitrogen and oxygen atoms in total. The molecule has 3 aliphatic heterocycles. The van der Waals surface area contributed by atoms with Gasteiger partial charge < -0.3 is 10.2 Å². The lowest BCUT2D eigenvalue weighted by Gasteiger charge is -2.24. The van der Waals surface area contributed by atoms with Gasteiger partial charge in [0.2, 0.25) is 0 Å². The summed E-state index contributed by atoms with van der Waals surface area (Å²) in [5, 5.41) is 3.52. The molecule has 15 heavy (non-hydrogen) atoms. The fourth-order valence-corrected chi connectivity index (χ4v) is 3.61. The van der Waals surface area contributed by atoms with Gasteiger partial charge in [0.05, 0.1) is 0 Å². The van der Waals surface area contributed by atoms with Gasteiger partial charge in [-0.3, -0.25) is 4.90 Å². The van der Waals surface area contributed by atoms with E-state index in [1.54, 1.807) is 0 Å². The first-order valence-corrected chi connectivity index (χ1v) is 6.39. The Kier molecular flexibility index (Phi) is 2.49. The standard InChI is InChI=1S/C12H23N3/c1-9-3-12(8-14(9)2)15-6-10-4-13-5-11(10)7-15/h9-13H,3-8H2,1-2H3. The molecule has 0 aliphatic carbocycles. The molecule has 3 saturated heterocycles. The topological polar surface area (TPSA) is 18.5 Å². The van der Waals surface area contributed by atoms with Gasteiger partial charge in [0.15, 0.2) is 0 Å². The number of fused-ring (bicyclic) bond motifs is 1. The van der Waals surface area contributed by atoms with Crippen LogP contribution in [0.2, 0.25) is 0 Å². The molecule has 86 valence electrons. The molecule has 4 unspecified atom stereocenters. The number of likely N-dealkylation sites (N-methyl/N-ethyl adjacent to an activating group) is 1. The highest BCUT2D eigenvalue weighted by molar-refractivity contribution is 4.96. The Morgan fingerprint density at radius 1 is 1.07 bits per heavy atom. The van der Waals surface area contributed by atoms with Crippen LogP contribution in [-0.4, -0.2) is 61.7 Å². The average Bonchev–Trinajstić information content (AvgIpc) is 2.80. The van der Waals surface area contributed by atoms with E-state index >= 15 is 0 Å². The van der Waals surface area contributed by atoms with Crippen molar-refractivity contribution in [2.24, 2.45) is 11.8 Å². The van der Waals surface area contributed by atoms with E-state index in [-0.39, 0.29) is 0 Å². The quantitative estimate of drug-likeness (QED) is 0.667. The maximum atomic E-state index is 3.52. The van der Waals surface area contributed by atoms with Crippen molar-refractivity contribution in [2.45, 2.75) is 25.4 Å². The summed E-state index contributed by atoms with van der Waals surface area (Å²) in [6, 6.07) is 1.63. The van der Waals surface area contributed by atoms with E-state index < -0.39 is 0 Å². The summed E-state index contributed by atoms with van der Waals surface area (Å²) >= 11 is 0. The highest BCUT2D eigenvalue weighted by Crippen LogP contribution is 2.31. The fourth-order valence-electron chi connectivity index (χ4n) is 3.61. The Balaban J connectivity index is 1.61. The van der Waals surface area contributed by atoms with Crippen LogP contribution >= 0.6 is 0 Å². The minimum Gasteiger partial charge on any atom is -0.316 e. The van der Waals surface area contributed by atoms with E-state index in [2.05, 4.69) is 29.1 Å². The van der Waals surface area contributed by atoms with Crippen LogP contribution in [0.1, 0.15) is 13.3 Å². The molecule has 0 spiro atoms. The van der Waals surface area contributed by atoms with Crippen molar-refractivity contribution < 1.29 is 0 Å². The Labute approximate surface area is 92.8 Å². The number of likely N-dealkylation sites (tertiary alicyclic amines) is 2. The normalized spacial score (nSPS) is 47.6. The Morgan fingerprint density at radius 2 is 1.73 bits per heavy atom. The summed E-state index contributed by atoms with van der Waals surface area (Å²) < 4.78 is 0. The van der Waals surface area contributed by atoms with E-state index in [0.717, 1.165) is 23.9 Å². The molecule has 0 radical (unpaired) electrons. The Bertz CT molecular complexity index is 221. The third-order valence-corrected chi connectivity index (χ3v) is 4.80. The summed E-state index contributed by atoms with van der Waals surface area (Å²) in [6.07, 6.45) is 1.38. The molecular weight excluding hydrogens is 186 g/mol. The van der Waals surface area contributed by atoms with E-state index in [1.807, 2.05) is 0 Å². The summed E-state index contributed by atoms with van der Waals surface area (Å²) in [6.45, 7) is 8.87. The Morgan fingerprint density at radius 3 is 2.27 bits per heavy atom.